The van der Waals surface area contributed by atoms with Gasteiger partial charge in [0, 0.05) is 5.92 Å². The van der Waals surface area contributed by atoms with Gasteiger partial charge in [-0.1, -0.05) is 32.8 Å². The predicted molar refractivity (Wildman–Crippen MR) is 58.5 cm³/mol. The Kier molecular flexibility index (Phi) is 4.82. The maximum Gasteiger partial charge on any atom is 0.339 e. The lowest BCUT2D eigenvalue weighted by molar-refractivity contribution is -0.156. The standard InChI is InChI=1S/C12H20O3/c1-4-5-6-10-9(2)7-8-11(15-10)12(13)14-3/h7-11H,4-6H2,1-3H3/t9-,10-,11-/m1/s1. The summed E-state index contributed by atoms with van der Waals surface area (Å²) in [5.74, 6) is 0.0807. The molecule has 0 saturated heterocycles. The minimum Gasteiger partial charge on any atom is -0.467 e. The van der Waals surface area contributed by atoms with Crippen LogP contribution in [-0.2, 0) is 14.3 Å². The number of carbonyl (C=O) groups excluding carboxylic acids is 1. The van der Waals surface area contributed by atoms with E-state index in [1.165, 1.54) is 7.11 Å². The van der Waals surface area contributed by atoms with Gasteiger partial charge in [-0.15, -0.1) is 0 Å². The molecule has 1 aliphatic heterocycles. The molecule has 15 heavy (non-hydrogen) atoms. The molecule has 1 aliphatic rings. The van der Waals surface area contributed by atoms with E-state index < -0.39 is 6.10 Å². The van der Waals surface area contributed by atoms with Crippen LogP contribution < -0.4 is 0 Å². The van der Waals surface area contributed by atoms with E-state index >= 15 is 0 Å². The monoisotopic (exact) mass is 212 g/mol. The van der Waals surface area contributed by atoms with Gasteiger partial charge in [0.05, 0.1) is 13.2 Å². The van der Waals surface area contributed by atoms with Gasteiger partial charge in [-0.05, 0) is 12.5 Å². The number of hydrogen-bond donors (Lipinski definition) is 0. The van der Waals surface area contributed by atoms with Crippen LogP contribution in [0.15, 0.2) is 12.2 Å². The minimum absolute atomic E-state index is 0.152. The average molecular weight is 212 g/mol. The fraction of sp³-hybridized carbons (Fsp3) is 0.750. The van der Waals surface area contributed by atoms with E-state index in [1.807, 2.05) is 6.08 Å². The first-order valence-corrected chi connectivity index (χ1v) is 5.60. The number of rotatable bonds is 4. The van der Waals surface area contributed by atoms with Crippen molar-refractivity contribution in [1.82, 2.24) is 0 Å². The molecule has 0 aliphatic carbocycles. The Labute approximate surface area is 91.4 Å². The van der Waals surface area contributed by atoms with E-state index in [2.05, 4.69) is 18.6 Å². The summed E-state index contributed by atoms with van der Waals surface area (Å²) in [6.07, 6.45) is 6.78. The van der Waals surface area contributed by atoms with Gasteiger partial charge in [-0.2, -0.15) is 0 Å². The van der Waals surface area contributed by atoms with Crippen molar-refractivity contribution in [1.29, 1.82) is 0 Å². The summed E-state index contributed by atoms with van der Waals surface area (Å²) in [6, 6.07) is 0. The van der Waals surface area contributed by atoms with Gasteiger partial charge in [0.15, 0.2) is 6.10 Å². The smallest absolute Gasteiger partial charge is 0.339 e. The highest BCUT2D eigenvalue weighted by atomic mass is 16.6. The molecule has 0 spiro atoms. The van der Waals surface area contributed by atoms with Crippen molar-refractivity contribution in [3.8, 4) is 0 Å². The highest BCUT2D eigenvalue weighted by Gasteiger charge is 2.28. The van der Waals surface area contributed by atoms with Gasteiger partial charge >= 0.3 is 5.97 Å². The molecule has 0 N–H and O–H groups in total. The van der Waals surface area contributed by atoms with Crippen molar-refractivity contribution in [3.05, 3.63) is 12.2 Å². The van der Waals surface area contributed by atoms with Crippen LogP contribution in [0.4, 0.5) is 0 Å². The maximum absolute atomic E-state index is 11.3. The SMILES string of the molecule is CCCC[C@H]1O[C@@H](C(=O)OC)C=C[C@H]1C. The summed E-state index contributed by atoms with van der Waals surface area (Å²) in [6.45, 7) is 4.27. The highest BCUT2D eigenvalue weighted by molar-refractivity contribution is 5.76. The Morgan fingerprint density at radius 1 is 1.47 bits per heavy atom. The number of hydrogen-bond acceptors (Lipinski definition) is 3. The fourth-order valence-electron chi connectivity index (χ4n) is 1.74. The predicted octanol–water partition coefficient (Wildman–Crippen LogP) is 2.31. The summed E-state index contributed by atoms with van der Waals surface area (Å²) < 4.78 is 10.4. The Morgan fingerprint density at radius 3 is 2.80 bits per heavy atom. The lowest BCUT2D eigenvalue weighted by Crippen LogP contribution is -2.35. The van der Waals surface area contributed by atoms with Crippen molar-refractivity contribution in [2.75, 3.05) is 7.11 Å². The third kappa shape index (κ3) is 3.34. The zero-order valence-corrected chi connectivity index (χ0v) is 9.73. The first-order chi connectivity index (χ1) is 7.19. The van der Waals surface area contributed by atoms with Crippen molar-refractivity contribution in [2.24, 2.45) is 5.92 Å². The summed E-state index contributed by atoms with van der Waals surface area (Å²) in [4.78, 5) is 11.3. The molecule has 0 unspecified atom stereocenters. The van der Waals surface area contributed by atoms with Gasteiger partial charge in [-0.3, -0.25) is 0 Å². The molecular weight excluding hydrogens is 192 g/mol. The van der Waals surface area contributed by atoms with Crippen molar-refractivity contribution >= 4 is 5.97 Å². The molecule has 3 nitrogen and oxygen atoms in total. The van der Waals surface area contributed by atoms with Gasteiger partial charge in [-0.25, -0.2) is 4.79 Å². The largest absolute Gasteiger partial charge is 0.467 e. The molecule has 1 heterocycles. The molecule has 1 rings (SSSR count). The minimum atomic E-state index is -0.506. The lowest BCUT2D eigenvalue weighted by Gasteiger charge is -2.29. The number of ether oxygens (including phenoxy) is 2. The molecule has 0 aromatic carbocycles. The molecule has 0 amide bonds. The van der Waals surface area contributed by atoms with E-state index in [1.54, 1.807) is 6.08 Å². The van der Waals surface area contributed by atoms with Gasteiger partial charge in [0.1, 0.15) is 0 Å². The summed E-state index contributed by atoms with van der Waals surface area (Å²) in [5.41, 5.74) is 0. The Balaban J connectivity index is 2.53. The number of unbranched alkanes of at least 4 members (excludes halogenated alkanes) is 1. The number of carbonyl (C=O) groups is 1. The van der Waals surface area contributed by atoms with E-state index in [-0.39, 0.29) is 12.1 Å². The third-order valence-electron chi connectivity index (χ3n) is 2.77. The second kappa shape index (κ2) is 5.91. The average Bonchev–Trinajstić information content (AvgIpc) is 2.27. The molecule has 0 aromatic rings. The Morgan fingerprint density at radius 2 is 2.20 bits per heavy atom. The summed E-state index contributed by atoms with van der Waals surface area (Å²) in [5, 5.41) is 0. The third-order valence-corrected chi connectivity index (χ3v) is 2.77. The number of methoxy groups -OCH3 is 1. The maximum atomic E-state index is 11.3. The molecule has 0 radical (unpaired) electrons. The summed E-state index contributed by atoms with van der Waals surface area (Å²) in [7, 11) is 1.39. The van der Waals surface area contributed by atoms with Crippen LogP contribution in [0.25, 0.3) is 0 Å². The molecular formula is C12H20O3. The Bertz CT molecular complexity index is 235. The zero-order chi connectivity index (χ0) is 11.3. The van der Waals surface area contributed by atoms with Gasteiger partial charge < -0.3 is 9.47 Å². The Hall–Kier alpha value is -0.830. The first kappa shape index (κ1) is 12.2. The van der Waals surface area contributed by atoms with E-state index in [0.29, 0.717) is 5.92 Å². The molecule has 0 saturated carbocycles. The molecule has 3 atom stereocenters. The molecule has 3 heteroatoms. The second-order valence-corrected chi connectivity index (χ2v) is 4.00. The second-order valence-electron chi connectivity index (χ2n) is 4.00. The van der Waals surface area contributed by atoms with Crippen molar-refractivity contribution in [2.45, 2.75) is 45.3 Å². The van der Waals surface area contributed by atoms with E-state index in [9.17, 15) is 4.79 Å². The molecule has 0 aromatic heterocycles. The lowest BCUT2D eigenvalue weighted by atomic mass is 9.96. The topological polar surface area (TPSA) is 35.5 Å². The van der Waals surface area contributed by atoms with Crippen molar-refractivity contribution < 1.29 is 14.3 Å². The van der Waals surface area contributed by atoms with Crippen LogP contribution in [0.3, 0.4) is 0 Å². The van der Waals surface area contributed by atoms with Crippen LogP contribution in [0.2, 0.25) is 0 Å². The first-order valence-electron chi connectivity index (χ1n) is 5.60. The van der Waals surface area contributed by atoms with Crippen LogP contribution >= 0.6 is 0 Å². The molecule has 86 valence electrons. The van der Waals surface area contributed by atoms with Crippen LogP contribution in [0, 0.1) is 5.92 Å². The van der Waals surface area contributed by atoms with Crippen LogP contribution in [0.5, 0.6) is 0 Å². The number of esters is 1. The summed E-state index contributed by atoms with van der Waals surface area (Å²) >= 11 is 0. The van der Waals surface area contributed by atoms with Crippen molar-refractivity contribution in [3.63, 3.8) is 0 Å². The van der Waals surface area contributed by atoms with Crippen LogP contribution in [0.1, 0.15) is 33.1 Å². The molecule has 0 fully saturated rings. The van der Waals surface area contributed by atoms with Gasteiger partial charge in [0.2, 0.25) is 0 Å². The highest BCUT2D eigenvalue weighted by Crippen LogP contribution is 2.23. The fourth-order valence-corrected chi connectivity index (χ4v) is 1.74. The molecule has 0 bridgehead atoms. The van der Waals surface area contributed by atoms with E-state index in [4.69, 9.17) is 4.74 Å². The van der Waals surface area contributed by atoms with Gasteiger partial charge in [0.25, 0.3) is 0 Å². The van der Waals surface area contributed by atoms with E-state index in [0.717, 1.165) is 19.3 Å². The van der Waals surface area contributed by atoms with Crippen LogP contribution in [-0.4, -0.2) is 25.3 Å². The normalized spacial score (nSPS) is 30.2. The zero-order valence-electron chi connectivity index (χ0n) is 9.73. The quantitative estimate of drug-likeness (QED) is 0.530.